The zero-order valence-electron chi connectivity index (χ0n) is 14.9. The van der Waals surface area contributed by atoms with Gasteiger partial charge in [0.05, 0.1) is 11.1 Å². The van der Waals surface area contributed by atoms with Gasteiger partial charge in [0.15, 0.2) is 0 Å². The van der Waals surface area contributed by atoms with Crippen LogP contribution in [0.25, 0.3) is 10.1 Å². The summed E-state index contributed by atoms with van der Waals surface area (Å²) in [5.41, 5.74) is 0. The minimum absolute atomic E-state index is 0.0627. The van der Waals surface area contributed by atoms with Crippen molar-refractivity contribution in [3.8, 4) is 0 Å². The summed E-state index contributed by atoms with van der Waals surface area (Å²) in [5, 5.41) is 6.32. The number of amides is 1. The van der Waals surface area contributed by atoms with Crippen LogP contribution in [0.4, 0.5) is 4.39 Å². The summed E-state index contributed by atoms with van der Waals surface area (Å²) in [4.78, 5) is 17.1. The highest BCUT2D eigenvalue weighted by Gasteiger charge is 2.31. The van der Waals surface area contributed by atoms with Crippen molar-refractivity contribution in [2.45, 2.75) is 31.8 Å². The van der Waals surface area contributed by atoms with Gasteiger partial charge in [-0.1, -0.05) is 17.7 Å². The smallest absolute Gasteiger partial charge is 0.263 e. The van der Waals surface area contributed by atoms with E-state index in [1.807, 2.05) is 6.92 Å². The number of carbonyl (C=O) groups is 1. The van der Waals surface area contributed by atoms with Crippen LogP contribution in [0.1, 0.15) is 40.4 Å². The Labute approximate surface area is 170 Å². The number of hydrogen-bond donors (Lipinski definition) is 1. The van der Waals surface area contributed by atoms with Crippen LogP contribution in [0.3, 0.4) is 0 Å². The Kier molecular flexibility index (Phi) is 5.50. The molecule has 0 saturated carbocycles. The van der Waals surface area contributed by atoms with E-state index in [0.717, 1.165) is 18.5 Å². The molecule has 1 aromatic carbocycles. The summed E-state index contributed by atoms with van der Waals surface area (Å²) in [6.45, 7) is 4.14. The molecule has 0 radical (unpaired) electrons. The first-order chi connectivity index (χ1) is 13.0. The molecule has 0 aliphatic carbocycles. The maximum atomic E-state index is 13.5. The van der Waals surface area contributed by atoms with E-state index in [1.165, 1.54) is 41.2 Å². The van der Waals surface area contributed by atoms with Gasteiger partial charge in [-0.2, -0.15) is 0 Å². The van der Waals surface area contributed by atoms with Crippen molar-refractivity contribution < 1.29 is 9.18 Å². The lowest BCUT2D eigenvalue weighted by molar-refractivity contribution is 0.0912. The molecule has 2 aromatic heterocycles. The normalized spacial score (nSPS) is 17.3. The summed E-state index contributed by atoms with van der Waals surface area (Å²) in [6.07, 6.45) is 2.38. The van der Waals surface area contributed by atoms with Crippen LogP contribution < -0.4 is 5.32 Å². The van der Waals surface area contributed by atoms with E-state index in [1.54, 1.807) is 17.4 Å². The molecule has 0 spiro atoms. The van der Waals surface area contributed by atoms with Gasteiger partial charge in [-0.3, -0.25) is 9.69 Å². The van der Waals surface area contributed by atoms with E-state index < -0.39 is 0 Å². The molecule has 3 nitrogen and oxygen atoms in total. The second-order valence-corrected chi connectivity index (χ2v) is 9.26. The second kappa shape index (κ2) is 7.87. The predicted molar refractivity (Wildman–Crippen MR) is 112 cm³/mol. The Hall–Kier alpha value is -1.47. The molecule has 4 rings (SSSR count). The van der Waals surface area contributed by atoms with Crippen molar-refractivity contribution in [1.29, 1.82) is 0 Å². The fourth-order valence-electron chi connectivity index (χ4n) is 3.76. The van der Waals surface area contributed by atoms with Gasteiger partial charge in [0.2, 0.25) is 0 Å². The molecule has 2 atom stereocenters. The standard InChI is InChI=1S/C20H20ClFN2OS2/c1-12(18(15-5-4-10-26-15)24-8-2-3-9-24)23-20(25)19-17(21)14-7-6-13(22)11-16(14)27-19/h4-7,10-12,18H,2-3,8-9H2,1H3,(H,23,25)/t12-,18-/m0/s1. The Balaban J connectivity index is 1.58. The van der Waals surface area contributed by atoms with Gasteiger partial charge in [0.1, 0.15) is 10.7 Å². The van der Waals surface area contributed by atoms with Crippen molar-refractivity contribution in [2.24, 2.45) is 0 Å². The summed E-state index contributed by atoms with van der Waals surface area (Å²) in [6, 6.07) is 8.69. The van der Waals surface area contributed by atoms with Crippen molar-refractivity contribution in [1.82, 2.24) is 10.2 Å². The minimum Gasteiger partial charge on any atom is -0.347 e. The van der Waals surface area contributed by atoms with Gasteiger partial charge >= 0.3 is 0 Å². The van der Waals surface area contributed by atoms with Crippen LogP contribution in [-0.2, 0) is 0 Å². The topological polar surface area (TPSA) is 32.3 Å². The van der Waals surface area contributed by atoms with Crippen LogP contribution in [0.5, 0.6) is 0 Å². The highest BCUT2D eigenvalue weighted by Crippen LogP contribution is 2.36. The van der Waals surface area contributed by atoms with E-state index in [9.17, 15) is 9.18 Å². The van der Waals surface area contributed by atoms with Crippen molar-refractivity contribution in [3.05, 3.63) is 56.3 Å². The second-order valence-electron chi connectivity index (χ2n) is 6.85. The van der Waals surface area contributed by atoms with Crippen LogP contribution in [0, 0.1) is 5.82 Å². The average molecular weight is 423 g/mol. The Bertz CT molecular complexity index is 950. The van der Waals surface area contributed by atoms with Gasteiger partial charge in [-0.05, 0) is 62.5 Å². The highest BCUT2D eigenvalue weighted by atomic mass is 35.5. The van der Waals surface area contributed by atoms with Crippen LogP contribution in [0.2, 0.25) is 5.02 Å². The number of hydrogen-bond acceptors (Lipinski definition) is 4. The maximum absolute atomic E-state index is 13.5. The lowest BCUT2D eigenvalue weighted by atomic mass is 10.1. The molecule has 1 fully saturated rings. The van der Waals surface area contributed by atoms with Gasteiger partial charge in [0.25, 0.3) is 5.91 Å². The number of likely N-dealkylation sites (tertiary alicyclic amines) is 1. The molecule has 142 valence electrons. The first-order valence-corrected chi connectivity index (χ1v) is 11.1. The molecular weight excluding hydrogens is 403 g/mol. The molecule has 3 heterocycles. The maximum Gasteiger partial charge on any atom is 0.263 e. The lowest BCUT2D eigenvalue weighted by Gasteiger charge is -2.32. The Morgan fingerprint density at radius 3 is 2.78 bits per heavy atom. The molecule has 1 saturated heterocycles. The quantitative estimate of drug-likeness (QED) is 0.571. The monoisotopic (exact) mass is 422 g/mol. The summed E-state index contributed by atoms with van der Waals surface area (Å²) >= 11 is 9.37. The van der Waals surface area contributed by atoms with Gasteiger partial charge in [0, 0.05) is 21.0 Å². The number of nitrogens with zero attached hydrogens (tertiary/aromatic N) is 1. The average Bonchev–Trinajstić information content (AvgIpc) is 3.37. The number of rotatable bonds is 5. The molecule has 1 amide bonds. The van der Waals surface area contributed by atoms with E-state index in [2.05, 4.69) is 27.7 Å². The van der Waals surface area contributed by atoms with E-state index in [0.29, 0.717) is 14.6 Å². The third kappa shape index (κ3) is 3.76. The minimum atomic E-state index is -0.326. The number of thiophene rings is 2. The summed E-state index contributed by atoms with van der Waals surface area (Å²) in [7, 11) is 0. The molecule has 7 heteroatoms. The third-order valence-electron chi connectivity index (χ3n) is 5.00. The summed E-state index contributed by atoms with van der Waals surface area (Å²) < 4.78 is 14.2. The van der Waals surface area contributed by atoms with Crippen LogP contribution in [0.15, 0.2) is 35.7 Å². The first-order valence-electron chi connectivity index (χ1n) is 9.00. The van der Waals surface area contributed by atoms with Crippen molar-refractivity contribution in [3.63, 3.8) is 0 Å². The predicted octanol–water partition coefficient (Wildman–Crippen LogP) is 5.71. The fraction of sp³-hybridized carbons (Fsp3) is 0.350. The molecule has 27 heavy (non-hydrogen) atoms. The van der Waals surface area contributed by atoms with Gasteiger partial charge < -0.3 is 5.32 Å². The number of carbonyl (C=O) groups excluding carboxylic acids is 1. The van der Waals surface area contributed by atoms with E-state index >= 15 is 0 Å². The molecule has 1 aliphatic rings. The fourth-order valence-corrected chi connectivity index (χ4v) is 6.17. The number of benzene rings is 1. The molecule has 0 unspecified atom stereocenters. The zero-order chi connectivity index (χ0) is 19.0. The molecular formula is C20H20ClFN2OS2. The third-order valence-corrected chi connectivity index (χ3v) is 7.60. The molecule has 1 aliphatic heterocycles. The first kappa shape index (κ1) is 18.9. The van der Waals surface area contributed by atoms with Crippen LogP contribution >= 0.6 is 34.3 Å². The number of halogens is 2. The SMILES string of the molecule is C[C@H](NC(=O)c1sc2cc(F)ccc2c1Cl)[C@@H](c1cccs1)N1CCCC1. The van der Waals surface area contributed by atoms with Gasteiger partial charge in [-0.25, -0.2) is 4.39 Å². The van der Waals surface area contributed by atoms with Crippen molar-refractivity contribution >= 4 is 50.3 Å². The summed E-state index contributed by atoms with van der Waals surface area (Å²) in [5.74, 6) is -0.526. The van der Waals surface area contributed by atoms with E-state index in [-0.39, 0.29) is 23.8 Å². The molecule has 0 bridgehead atoms. The lowest BCUT2D eigenvalue weighted by Crippen LogP contribution is -2.43. The molecule has 3 aromatic rings. The van der Waals surface area contributed by atoms with Gasteiger partial charge in [-0.15, -0.1) is 22.7 Å². The van der Waals surface area contributed by atoms with E-state index in [4.69, 9.17) is 11.6 Å². The number of fused-ring (bicyclic) bond motifs is 1. The van der Waals surface area contributed by atoms with Crippen molar-refractivity contribution in [2.75, 3.05) is 13.1 Å². The molecule has 1 N–H and O–H groups in total. The largest absolute Gasteiger partial charge is 0.347 e. The zero-order valence-corrected chi connectivity index (χ0v) is 17.3. The number of nitrogens with one attached hydrogen (secondary N) is 1. The van der Waals surface area contributed by atoms with Crippen LogP contribution in [-0.4, -0.2) is 29.9 Å². The highest BCUT2D eigenvalue weighted by molar-refractivity contribution is 7.21. The Morgan fingerprint density at radius 2 is 2.07 bits per heavy atom. The Morgan fingerprint density at radius 1 is 1.30 bits per heavy atom.